The fourth-order valence-electron chi connectivity index (χ4n) is 8.02. The van der Waals surface area contributed by atoms with Crippen LogP contribution in [0.4, 0.5) is 0 Å². The number of likely N-dealkylation sites (N-methyl/N-ethyl adjacent to an activating group) is 1. The van der Waals surface area contributed by atoms with Crippen molar-refractivity contribution in [2.45, 2.75) is 258 Å². The van der Waals surface area contributed by atoms with Gasteiger partial charge in [0.15, 0.2) is 6.10 Å². The molecule has 2 unspecified atom stereocenters. The van der Waals surface area contributed by atoms with Gasteiger partial charge in [0.1, 0.15) is 19.8 Å². The molecule has 0 aliphatic heterocycles. The normalized spacial score (nSPS) is 13.8. The molecule has 0 aromatic heterocycles. The zero-order valence-corrected chi connectivity index (χ0v) is 47.6. The van der Waals surface area contributed by atoms with Crippen LogP contribution in [0.5, 0.6) is 0 Å². The summed E-state index contributed by atoms with van der Waals surface area (Å²) in [5.41, 5.74) is 0. The van der Waals surface area contributed by atoms with Gasteiger partial charge in [-0.15, -0.1) is 0 Å². The molecule has 0 aliphatic carbocycles. The molecule has 0 fully saturated rings. The highest BCUT2D eigenvalue weighted by Crippen LogP contribution is 2.43. The number of carbonyl (C=O) groups is 2. The van der Waals surface area contributed by atoms with Crippen molar-refractivity contribution >= 4 is 19.8 Å². The SMILES string of the molecule is CC/C=C\C/C=C\C/C=C\C/C=C\C/C=C\C/C=C\CCCCCCCCCCCCCCCCCCC(=O)OC(COC(=O)CCCCCCCCCCCCCC)COP(=O)(O)OCC[N+](C)(C)C. The Hall–Kier alpha value is -2.55. The lowest BCUT2D eigenvalue weighted by molar-refractivity contribution is -0.870. The summed E-state index contributed by atoms with van der Waals surface area (Å²) in [5, 5.41) is 0. The van der Waals surface area contributed by atoms with Crippen molar-refractivity contribution in [3.63, 3.8) is 0 Å². The molecule has 0 saturated carbocycles. The van der Waals surface area contributed by atoms with Gasteiger partial charge < -0.3 is 18.9 Å². The summed E-state index contributed by atoms with van der Waals surface area (Å²) in [7, 11) is 1.48. The number of quaternary nitrogens is 1. The summed E-state index contributed by atoms with van der Waals surface area (Å²) >= 11 is 0. The summed E-state index contributed by atoms with van der Waals surface area (Å²) in [6, 6.07) is 0. The molecule has 1 N–H and O–H groups in total. The lowest BCUT2D eigenvalue weighted by Crippen LogP contribution is -2.37. The van der Waals surface area contributed by atoms with E-state index in [0.29, 0.717) is 23.9 Å². The molecule has 0 rings (SSSR count). The number of rotatable bonds is 53. The zero-order valence-electron chi connectivity index (χ0n) is 46.7. The summed E-state index contributed by atoms with van der Waals surface area (Å²) in [6.07, 6.45) is 68.4. The second-order valence-corrected chi connectivity index (χ2v) is 22.1. The average Bonchev–Trinajstić information content (AvgIpc) is 3.33. The van der Waals surface area contributed by atoms with Gasteiger partial charge in [-0.1, -0.05) is 247 Å². The number of hydrogen-bond donors (Lipinski definition) is 1. The van der Waals surface area contributed by atoms with E-state index in [-0.39, 0.29) is 25.6 Å². The van der Waals surface area contributed by atoms with Gasteiger partial charge in [-0.2, -0.15) is 0 Å². The number of phosphoric ester groups is 1. The van der Waals surface area contributed by atoms with Crippen molar-refractivity contribution in [1.82, 2.24) is 0 Å². The van der Waals surface area contributed by atoms with Gasteiger partial charge in [-0.25, -0.2) is 4.57 Å². The van der Waals surface area contributed by atoms with E-state index in [0.717, 1.165) is 70.6 Å². The number of carbonyl (C=O) groups excluding carboxylic acids is 2. The molecule has 71 heavy (non-hydrogen) atoms. The van der Waals surface area contributed by atoms with Crippen LogP contribution >= 0.6 is 7.82 Å². The van der Waals surface area contributed by atoms with Crippen LogP contribution < -0.4 is 0 Å². The fourth-order valence-corrected chi connectivity index (χ4v) is 8.76. The monoisotopic (exact) mass is 1020 g/mol. The molecule has 0 spiro atoms. The zero-order chi connectivity index (χ0) is 52.0. The minimum Gasteiger partial charge on any atom is -0.462 e. The molecule has 0 bridgehead atoms. The Morgan fingerprint density at radius 2 is 0.803 bits per heavy atom. The van der Waals surface area contributed by atoms with E-state index in [2.05, 4.69) is 86.8 Å². The average molecular weight is 1020 g/mol. The number of unbranched alkanes of at least 4 members (excludes halogenated alkanes) is 27. The summed E-state index contributed by atoms with van der Waals surface area (Å²) in [6.45, 7) is 4.33. The summed E-state index contributed by atoms with van der Waals surface area (Å²) in [5.74, 6) is -0.791. The number of esters is 2. The van der Waals surface area contributed by atoms with E-state index in [1.54, 1.807) is 0 Å². The number of ether oxygens (including phenoxy) is 2. The first-order valence-electron chi connectivity index (χ1n) is 29.2. The van der Waals surface area contributed by atoms with Crippen molar-refractivity contribution in [3.05, 3.63) is 72.9 Å². The van der Waals surface area contributed by atoms with Gasteiger partial charge in [-0.05, 0) is 64.2 Å². The van der Waals surface area contributed by atoms with Crippen molar-refractivity contribution in [2.75, 3.05) is 47.5 Å². The van der Waals surface area contributed by atoms with Crippen LogP contribution in [-0.2, 0) is 32.7 Å². The second-order valence-electron chi connectivity index (χ2n) is 20.7. The van der Waals surface area contributed by atoms with Crippen LogP contribution in [0.15, 0.2) is 72.9 Å². The first-order valence-corrected chi connectivity index (χ1v) is 30.7. The summed E-state index contributed by atoms with van der Waals surface area (Å²) < 4.78 is 34.5. The van der Waals surface area contributed by atoms with Gasteiger partial charge in [0.2, 0.25) is 0 Å². The van der Waals surface area contributed by atoms with E-state index in [9.17, 15) is 19.0 Å². The van der Waals surface area contributed by atoms with Crippen LogP contribution in [0.25, 0.3) is 0 Å². The Labute approximate surface area is 438 Å². The Morgan fingerprint density at radius 3 is 1.20 bits per heavy atom. The smallest absolute Gasteiger partial charge is 0.462 e. The first-order chi connectivity index (χ1) is 34.5. The molecule has 0 radical (unpaired) electrons. The topological polar surface area (TPSA) is 108 Å². The molecule has 10 heteroatoms. The minimum absolute atomic E-state index is 0.0320. The molecular formula is C61H111NO8P+. The van der Waals surface area contributed by atoms with E-state index < -0.39 is 26.5 Å². The highest BCUT2D eigenvalue weighted by Gasteiger charge is 2.27. The fraction of sp³-hybridized carbons (Fsp3) is 0.770. The molecule has 2 atom stereocenters. The van der Waals surface area contributed by atoms with Gasteiger partial charge in [0.05, 0.1) is 27.7 Å². The number of allylic oxidation sites excluding steroid dienone is 12. The van der Waals surface area contributed by atoms with Crippen molar-refractivity contribution in [3.8, 4) is 0 Å². The Morgan fingerprint density at radius 1 is 0.451 bits per heavy atom. The largest absolute Gasteiger partial charge is 0.472 e. The highest BCUT2D eigenvalue weighted by atomic mass is 31.2. The van der Waals surface area contributed by atoms with Gasteiger partial charge >= 0.3 is 19.8 Å². The van der Waals surface area contributed by atoms with Crippen LogP contribution in [0, 0.1) is 0 Å². The summed E-state index contributed by atoms with van der Waals surface area (Å²) in [4.78, 5) is 35.6. The first kappa shape index (κ1) is 68.5. The quantitative estimate of drug-likeness (QED) is 0.0211. The minimum atomic E-state index is -4.38. The Bertz CT molecular complexity index is 1430. The van der Waals surface area contributed by atoms with Crippen LogP contribution in [-0.4, -0.2) is 74.9 Å². The Balaban J connectivity index is 4.00. The molecule has 9 nitrogen and oxygen atoms in total. The maximum atomic E-state index is 12.8. The number of phosphoric acid groups is 1. The maximum absolute atomic E-state index is 12.8. The Kier molecular flexibility index (Phi) is 50.4. The molecule has 0 heterocycles. The van der Waals surface area contributed by atoms with E-state index in [4.69, 9.17) is 18.5 Å². The third-order valence-corrected chi connectivity index (χ3v) is 13.5. The predicted molar refractivity (Wildman–Crippen MR) is 302 cm³/mol. The van der Waals surface area contributed by atoms with Crippen molar-refractivity contribution in [2.24, 2.45) is 0 Å². The molecule has 0 aliphatic rings. The standard InChI is InChI=1S/C61H110NO8P/c1-6-8-10-12-14-16-18-20-21-22-23-24-25-26-27-28-29-30-31-32-33-34-35-36-37-38-39-40-41-42-44-46-48-50-52-54-61(64)70-59(58-69-71(65,66)68-56-55-62(3,4)5)57-67-60(63)53-51-49-47-45-43-19-17-15-13-11-9-7-2/h8,10,14,16,20-21,23-24,26-27,29-30,59H,6-7,9,11-13,15,17-19,22,25,28,31-58H2,1-5H3/p+1/b10-8-,16-14-,21-20-,24-23-,27-26-,30-29-. The van der Waals surface area contributed by atoms with Gasteiger partial charge in [0, 0.05) is 12.8 Å². The van der Waals surface area contributed by atoms with Crippen LogP contribution in [0.3, 0.4) is 0 Å². The predicted octanol–water partition coefficient (Wildman–Crippen LogP) is 18.1. The second kappa shape index (κ2) is 52.3. The number of hydrogen-bond acceptors (Lipinski definition) is 7. The lowest BCUT2D eigenvalue weighted by Gasteiger charge is -2.24. The lowest BCUT2D eigenvalue weighted by atomic mass is 10.0. The third kappa shape index (κ3) is 56.6. The van der Waals surface area contributed by atoms with Crippen molar-refractivity contribution < 1.29 is 42.1 Å². The van der Waals surface area contributed by atoms with Crippen LogP contribution in [0.2, 0.25) is 0 Å². The highest BCUT2D eigenvalue weighted by molar-refractivity contribution is 7.47. The molecule has 0 amide bonds. The van der Waals surface area contributed by atoms with E-state index in [1.807, 2.05) is 21.1 Å². The number of nitrogens with zero attached hydrogens (tertiary/aromatic N) is 1. The van der Waals surface area contributed by atoms with Crippen molar-refractivity contribution in [1.29, 1.82) is 0 Å². The molecular weight excluding hydrogens is 906 g/mol. The van der Waals surface area contributed by atoms with E-state index >= 15 is 0 Å². The third-order valence-electron chi connectivity index (χ3n) is 12.5. The van der Waals surface area contributed by atoms with E-state index in [1.165, 1.54) is 148 Å². The van der Waals surface area contributed by atoms with Crippen LogP contribution in [0.1, 0.15) is 251 Å². The van der Waals surface area contributed by atoms with Gasteiger partial charge in [-0.3, -0.25) is 18.6 Å². The molecule has 412 valence electrons. The van der Waals surface area contributed by atoms with Gasteiger partial charge in [0.25, 0.3) is 0 Å². The molecule has 0 saturated heterocycles. The maximum Gasteiger partial charge on any atom is 0.472 e. The molecule has 0 aromatic rings. The molecule has 0 aromatic carbocycles.